The Labute approximate surface area is 128 Å². The van der Waals surface area contributed by atoms with Crippen molar-refractivity contribution in [3.63, 3.8) is 0 Å². The molecule has 2 rings (SSSR count). The molecule has 2 aromatic rings. The van der Waals surface area contributed by atoms with E-state index in [1.807, 2.05) is 13.8 Å². The Balaban J connectivity index is 2.57. The fraction of sp³-hybridized carbons (Fsp3) is 0.286. The predicted octanol–water partition coefficient (Wildman–Crippen LogP) is 4.63. The van der Waals surface area contributed by atoms with Crippen molar-refractivity contribution >= 4 is 21.7 Å². The van der Waals surface area contributed by atoms with Gasteiger partial charge in [0.2, 0.25) is 0 Å². The third kappa shape index (κ3) is 3.34. The SMILES string of the molecule is CC(C)c1nc(-c2cccc(C(F)(F)F)c2)nc(N)c1Br. The molecule has 1 aromatic carbocycles. The van der Waals surface area contributed by atoms with Gasteiger partial charge in [0.1, 0.15) is 5.82 Å². The lowest BCUT2D eigenvalue weighted by molar-refractivity contribution is -0.137. The summed E-state index contributed by atoms with van der Waals surface area (Å²) in [6.45, 7) is 3.84. The zero-order valence-corrected chi connectivity index (χ0v) is 13.0. The number of nitrogens with two attached hydrogens (primary N) is 1. The van der Waals surface area contributed by atoms with Crippen molar-refractivity contribution in [2.24, 2.45) is 0 Å². The zero-order valence-electron chi connectivity index (χ0n) is 11.4. The minimum atomic E-state index is -4.40. The molecule has 112 valence electrons. The molecule has 0 spiro atoms. The number of halogens is 4. The molecular formula is C14H13BrF3N3. The summed E-state index contributed by atoms with van der Waals surface area (Å²) < 4.78 is 38.9. The van der Waals surface area contributed by atoms with Crippen molar-refractivity contribution in [2.45, 2.75) is 25.9 Å². The molecule has 0 aliphatic heterocycles. The molecule has 0 fully saturated rings. The highest BCUT2D eigenvalue weighted by molar-refractivity contribution is 9.10. The Kier molecular flexibility index (Phi) is 4.22. The highest BCUT2D eigenvalue weighted by atomic mass is 79.9. The summed E-state index contributed by atoms with van der Waals surface area (Å²) in [5, 5.41) is 0. The number of rotatable bonds is 2. The number of anilines is 1. The molecule has 1 heterocycles. The molecule has 21 heavy (non-hydrogen) atoms. The minimum absolute atomic E-state index is 0.0641. The van der Waals surface area contributed by atoms with Crippen molar-refractivity contribution in [3.05, 3.63) is 40.0 Å². The fourth-order valence-corrected chi connectivity index (χ4v) is 2.46. The van der Waals surface area contributed by atoms with Crippen molar-refractivity contribution in [2.75, 3.05) is 5.73 Å². The van der Waals surface area contributed by atoms with Gasteiger partial charge in [0.15, 0.2) is 5.82 Å². The predicted molar refractivity (Wildman–Crippen MR) is 78.7 cm³/mol. The number of hydrogen-bond donors (Lipinski definition) is 1. The van der Waals surface area contributed by atoms with Gasteiger partial charge in [0, 0.05) is 5.56 Å². The monoisotopic (exact) mass is 359 g/mol. The first-order valence-electron chi connectivity index (χ1n) is 6.20. The molecule has 0 aliphatic rings. The van der Waals surface area contributed by atoms with E-state index in [4.69, 9.17) is 5.73 Å². The van der Waals surface area contributed by atoms with E-state index in [1.165, 1.54) is 12.1 Å². The van der Waals surface area contributed by atoms with Crippen LogP contribution in [0.3, 0.4) is 0 Å². The van der Waals surface area contributed by atoms with Crippen LogP contribution in [0.25, 0.3) is 11.4 Å². The van der Waals surface area contributed by atoms with Crippen LogP contribution >= 0.6 is 15.9 Å². The Morgan fingerprint density at radius 2 is 1.86 bits per heavy atom. The highest BCUT2D eigenvalue weighted by Gasteiger charge is 2.30. The van der Waals surface area contributed by atoms with E-state index in [0.29, 0.717) is 10.2 Å². The van der Waals surface area contributed by atoms with Gasteiger partial charge in [-0.25, -0.2) is 9.97 Å². The average molecular weight is 360 g/mol. The highest BCUT2D eigenvalue weighted by Crippen LogP contribution is 2.33. The van der Waals surface area contributed by atoms with Crippen LogP contribution in [0.1, 0.15) is 31.0 Å². The second-order valence-corrected chi connectivity index (χ2v) is 5.66. The van der Waals surface area contributed by atoms with Crippen LogP contribution in [0.4, 0.5) is 19.0 Å². The van der Waals surface area contributed by atoms with Crippen molar-refractivity contribution in [3.8, 4) is 11.4 Å². The largest absolute Gasteiger partial charge is 0.416 e. The molecule has 0 aliphatic carbocycles. The summed E-state index contributed by atoms with van der Waals surface area (Å²) in [4.78, 5) is 8.38. The third-order valence-electron chi connectivity index (χ3n) is 2.90. The van der Waals surface area contributed by atoms with Gasteiger partial charge in [-0.05, 0) is 34.0 Å². The van der Waals surface area contributed by atoms with Gasteiger partial charge in [0.25, 0.3) is 0 Å². The van der Waals surface area contributed by atoms with E-state index >= 15 is 0 Å². The normalized spacial score (nSPS) is 12.0. The molecule has 7 heteroatoms. The Morgan fingerprint density at radius 1 is 1.19 bits per heavy atom. The number of hydrogen-bond acceptors (Lipinski definition) is 3. The van der Waals surface area contributed by atoms with Gasteiger partial charge in [-0.1, -0.05) is 26.0 Å². The number of aromatic nitrogens is 2. The van der Waals surface area contributed by atoms with Gasteiger partial charge in [-0.2, -0.15) is 13.2 Å². The topological polar surface area (TPSA) is 51.8 Å². The first-order valence-corrected chi connectivity index (χ1v) is 7.00. The molecule has 1 aromatic heterocycles. The molecule has 2 N–H and O–H groups in total. The molecular weight excluding hydrogens is 347 g/mol. The lowest BCUT2D eigenvalue weighted by Gasteiger charge is -2.12. The van der Waals surface area contributed by atoms with E-state index in [-0.39, 0.29) is 23.1 Å². The molecule has 0 amide bonds. The summed E-state index contributed by atoms with van der Waals surface area (Å²) in [6, 6.07) is 4.89. The van der Waals surface area contributed by atoms with E-state index in [0.717, 1.165) is 12.1 Å². The van der Waals surface area contributed by atoms with Crippen molar-refractivity contribution < 1.29 is 13.2 Å². The van der Waals surface area contributed by atoms with Crippen LogP contribution < -0.4 is 5.73 Å². The van der Waals surface area contributed by atoms with Gasteiger partial charge in [0.05, 0.1) is 15.7 Å². The summed E-state index contributed by atoms with van der Waals surface area (Å²) in [6.07, 6.45) is -4.40. The molecule has 3 nitrogen and oxygen atoms in total. The summed E-state index contributed by atoms with van der Waals surface area (Å²) in [5.74, 6) is 0.459. The maximum atomic E-state index is 12.8. The lowest BCUT2D eigenvalue weighted by Crippen LogP contribution is -2.07. The summed E-state index contributed by atoms with van der Waals surface area (Å²) in [5.41, 5.74) is 6.01. The average Bonchev–Trinajstić information content (AvgIpc) is 2.40. The minimum Gasteiger partial charge on any atom is -0.383 e. The van der Waals surface area contributed by atoms with Crippen molar-refractivity contribution in [1.29, 1.82) is 0 Å². The lowest BCUT2D eigenvalue weighted by atomic mass is 10.1. The van der Waals surface area contributed by atoms with Crippen LogP contribution in [0.5, 0.6) is 0 Å². The van der Waals surface area contributed by atoms with E-state index in [2.05, 4.69) is 25.9 Å². The standard InChI is InChI=1S/C14H13BrF3N3/c1-7(2)11-10(15)12(19)21-13(20-11)8-4-3-5-9(6-8)14(16,17)18/h3-7H,1-2H3,(H2,19,20,21). The van der Waals surface area contributed by atoms with E-state index < -0.39 is 11.7 Å². The molecule has 0 saturated carbocycles. The molecule has 0 bridgehead atoms. The first kappa shape index (κ1) is 15.8. The zero-order chi connectivity index (χ0) is 15.8. The molecule has 0 saturated heterocycles. The van der Waals surface area contributed by atoms with Crippen molar-refractivity contribution in [1.82, 2.24) is 9.97 Å². The smallest absolute Gasteiger partial charge is 0.383 e. The summed E-state index contributed by atoms with van der Waals surface area (Å²) in [7, 11) is 0. The van der Waals surface area contributed by atoms with Crippen LogP contribution in [0, 0.1) is 0 Å². The van der Waals surface area contributed by atoms with Gasteiger partial charge < -0.3 is 5.73 Å². The number of nitrogen functional groups attached to an aromatic ring is 1. The molecule has 0 atom stereocenters. The van der Waals surface area contributed by atoms with Gasteiger partial charge in [-0.3, -0.25) is 0 Å². The maximum absolute atomic E-state index is 12.8. The molecule has 0 radical (unpaired) electrons. The fourth-order valence-electron chi connectivity index (χ4n) is 1.83. The quantitative estimate of drug-likeness (QED) is 0.850. The third-order valence-corrected chi connectivity index (χ3v) is 3.71. The van der Waals surface area contributed by atoms with Crippen LogP contribution in [0.15, 0.2) is 28.7 Å². The second kappa shape index (κ2) is 5.63. The Morgan fingerprint density at radius 3 is 2.43 bits per heavy atom. The van der Waals surface area contributed by atoms with Gasteiger partial charge >= 0.3 is 6.18 Å². The number of alkyl halides is 3. The second-order valence-electron chi connectivity index (χ2n) is 4.86. The van der Waals surface area contributed by atoms with Crippen LogP contribution in [-0.2, 0) is 6.18 Å². The summed E-state index contributed by atoms with van der Waals surface area (Å²) >= 11 is 3.30. The van der Waals surface area contributed by atoms with Crippen LogP contribution in [-0.4, -0.2) is 9.97 Å². The molecule has 0 unspecified atom stereocenters. The maximum Gasteiger partial charge on any atom is 0.416 e. The van der Waals surface area contributed by atoms with Gasteiger partial charge in [-0.15, -0.1) is 0 Å². The van der Waals surface area contributed by atoms with E-state index in [9.17, 15) is 13.2 Å². The number of benzene rings is 1. The Hall–Kier alpha value is -1.63. The van der Waals surface area contributed by atoms with E-state index in [1.54, 1.807) is 0 Å². The first-order chi connectivity index (χ1) is 9.70. The Bertz CT molecular complexity index is 669. The van der Waals surface area contributed by atoms with Crippen LogP contribution in [0.2, 0.25) is 0 Å². The number of nitrogens with zero attached hydrogens (tertiary/aromatic N) is 2.